The van der Waals surface area contributed by atoms with E-state index in [1.54, 1.807) is 6.20 Å². The number of hydrogen-bond donors (Lipinski definition) is 1. The van der Waals surface area contributed by atoms with Gasteiger partial charge in [-0.3, -0.25) is 4.79 Å². The lowest BCUT2D eigenvalue weighted by atomic mass is 10.1. The van der Waals surface area contributed by atoms with Gasteiger partial charge in [0.15, 0.2) is 0 Å². The molecule has 31 heavy (non-hydrogen) atoms. The third-order valence-corrected chi connectivity index (χ3v) is 5.61. The second-order valence-corrected chi connectivity index (χ2v) is 8.51. The van der Waals surface area contributed by atoms with Crippen LogP contribution in [0.3, 0.4) is 0 Å². The topological polar surface area (TPSA) is 59.8 Å². The van der Waals surface area contributed by atoms with Crippen LogP contribution in [0.5, 0.6) is 0 Å². The molecular weight excluding hydrogens is 452 g/mol. The van der Waals surface area contributed by atoms with Crippen molar-refractivity contribution in [1.82, 2.24) is 19.9 Å². The van der Waals surface area contributed by atoms with E-state index in [2.05, 4.69) is 45.3 Å². The predicted octanol–water partition coefficient (Wildman–Crippen LogP) is 5.70. The molecule has 0 saturated carbocycles. The van der Waals surface area contributed by atoms with E-state index in [1.165, 1.54) is 5.56 Å². The van der Waals surface area contributed by atoms with Crippen molar-refractivity contribution in [3.63, 3.8) is 0 Å². The van der Waals surface area contributed by atoms with Gasteiger partial charge in [0.05, 0.1) is 22.8 Å². The van der Waals surface area contributed by atoms with Gasteiger partial charge in [0.25, 0.3) is 5.91 Å². The highest BCUT2D eigenvalue weighted by molar-refractivity contribution is 9.10. The molecule has 6 heteroatoms. The number of amides is 1. The van der Waals surface area contributed by atoms with Crippen molar-refractivity contribution in [1.29, 1.82) is 0 Å². The zero-order valence-corrected chi connectivity index (χ0v) is 19.2. The first kappa shape index (κ1) is 21.0. The van der Waals surface area contributed by atoms with Crippen LogP contribution in [0.1, 0.15) is 46.0 Å². The molecule has 4 aromatic rings. The number of nitrogens with one attached hydrogen (secondary N) is 1. The summed E-state index contributed by atoms with van der Waals surface area (Å²) in [7, 11) is 1.91. The van der Waals surface area contributed by atoms with Gasteiger partial charge in [-0.25, -0.2) is 9.97 Å². The van der Waals surface area contributed by atoms with Gasteiger partial charge in [-0.2, -0.15) is 0 Å². The molecule has 1 amide bonds. The highest BCUT2D eigenvalue weighted by Gasteiger charge is 2.18. The van der Waals surface area contributed by atoms with E-state index in [1.807, 2.05) is 73.3 Å². The fourth-order valence-electron chi connectivity index (χ4n) is 3.58. The van der Waals surface area contributed by atoms with Crippen molar-refractivity contribution in [2.75, 3.05) is 0 Å². The maximum absolute atomic E-state index is 13.2. The van der Waals surface area contributed by atoms with Gasteiger partial charge in [0.2, 0.25) is 0 Å². The number of carbonyl (C=O) groups is 1. The number of pyridine rings is 1. The SMILES string of the molecule is Cc1cccc(/C=C/c2cc(C(=O)NC(C)c3nccn3C)c3cc(Br)ccc3n2)c1. The van der Waals surface area contributed by atoms with Gasteiger partial charge in [-0.05, 0) is 49.8 Å². The van der Waals surface area contributed by atoms with Crippen molar-refractivity contribution < 1.29 is 4.79 Å². The molecule has 0 aliphatic heterocycles. The van der Waals surface area contributed by atoms with E-state index >= 15 is 0 Å². The van der Waals surface area contributed by atoms with Crippen LogP contribution < -0.4 is 5.32 Å². The summed E-state index contributed by atoms with van der Waals surface area (Å²) in [4.78, 5) is 22.3. The molecule has 0 radical (unpaired) electrons. The second-order valence-electron chi connectivity index (χ2n) is 7.60. The average Bonchev–Trinajstić information content (AvgIpc) is 3.18. The van der Waals surface area contributed by atoms with E-state index in [-0.39, 0.29) is 11.9 Å². The Balaban J connectivity index is 1.71. The molecule has 4 rings (SSSR count). The van der Waals surface area contributed by atoms with Gasteiger partial charge < -0.3 is 9.88 Å². The average molecular weight is 475 g/mol. The molecule has 0 aliphatic carbocycles. The summed E-state index contributed by atoms with van der Waals surface area (Å²) >= 11 is 3.51. The van der Waals surface area contributed by atoms with Gasteiger partial charge >= 0.3 is 0 Å². The normalized spacial score (nSPS) is 12.4. The quantitative estimate of drug-likeness (QED) is 0.403. The highest BCUT2D eigenvalue weighted by Crippen LogP contribution is 2.24. The van der Waals surface area contributed by atoms with Crippen molar-refractivity contribution in [3.05, 3.63) is 93.6 Å². The Morgan fingerprint density at radius 3 is 2.74 bits per heavy atom. The number of nitrogens with zero attached hydrogens (tertiary/aromatic N) is 3. The summed E-state index contributed by atoms with van der Waals surface area (Å²) < 4.78 is 2.80. The number of aromatic nitrogens is 3. The number of rotatable bonds is 5. The van der Waals surface area contributed by atoms with Crippen LogP contribution >= 0.6 is 15.9 Å². The minimum Gasteiger partial charge on any atom is -0.342 e. The Morgan fingerprint density at radius 1 is 1.16 bits per heavy atom. The minimum absolute atomic E-state index is 0.161. The lowest BCUT2D eigenvalue weighted by Crippen LogP contribution is -2.28. The fourth-order valence-corrected chi connectivity index (χ4v) is 3.94. The molecule has 2 aromatic heterocycles. The maximum Gasteiger partial charge on any atom is 0.252 e. The highest BCUT2D eigenvalue weighted by atomic mass is 79.9. The predicted molar refractivity (Wildman–Crippen MR) is 129 cm³/mol. The molecule has 0 fully saturated rings. The third-order valence-electron chi connectivity index (χ3n) is 5.12. The summed E-state index contributed by atoms with van der Waals surface area (Å²) in [5.74, 6) is 0.638. The summed E-state index contributed by atoms with van der Waals surface area (Å²) in [6.07, 6.45) is 7.55. The molecule has 0 spiro atoms. The molecule has 2 heterocycles. The second kappa shape index (κ2) is 8.86. The van der Waals surface area contributed by atoms with Gasteiger partial charge in [0.1, 0.15) is 5.82 Å². The van der Waals surface area contributed by atoms with Crippen LogP contribution in [0.25, 0.3) is 23.1 Å². The molecule has 0 saturated heterocycles. The maximum atomic E-state index is 13.2. The Labute approximate surface area is 190 Å². The monoisotopic (exact) mass is 474 g/mol. The molecule has 1 N–H and O–H groups in total. The summed E-state index contributed by atoms with van der Waals surface area (Å²) in [5.41, 5.74) is 4.36. The molecule has 2 aromatic carbocycles. The summed E-state index contributed by atoms with van der Waals surface area (Å²) in [6.45, 7) is 3.99. The van der Waals surface area contributed by atoms with Crippen molar-refractivity contribution >= 4 is 44.9 Å². The summed E-state index contributed by atoms with van der Waals surface area (Å²) in [6, 6.07) is 15.6. The molecule has 0 aliphatic rings. The Morgan fingerprint density at radius 2 is 2.00 bits per heavy atom. The largest absolute Gasteiger partial charge is 0.342 e. The Hall–Kier alpha value is -3.25. The van der Waals surface area contributed by atoms with Crippen molar-refractivity contribution in [3.8, 4) is 0 Å². The first-order valence-corrected chi connectivity index (χ1v) is 10.8. The van der Waals surface area contributed by atoms with E-state index in [0.717, 1.165) is 32.5 Å². The number of carbonyl (C=O) groups excluding carboxylic acids is 1. The van der Waals surface area contributed by atoms with E-state index in [4.69, 9.17) is 4.98 Å². The lowest BCUT2D eigenvalue weighted by Gasteiger charge is -2.15. The smallest absolute Gasteiger partial charge is 0.252 e. The van der Waals surface area contributed by atoms with Crippen LogP contribution in [-0.4, -0.2) is 20.4 Å². The number of halogens is 1. The fraction of sp³-hybridized carbons (Fsp3) is 0.160. The van der Waals surface area contributed by atoms with Gasteiger partial charge in [-0.15, -0.1) is 0 Å². The lowest BCUT2D eigenvalue weighted by molar-refractivity contribution is 0.0939. The number of aryl methyl sites for hydroxylation is 2. The first-order valence-electron chi connectivity index (χ1n) is 10.0. The number of benzene rings is 2. The zero-order chi connectivity index (χ0) is 22.0. The van der Waals surface area contributed by atoms with E-state index in [0.29, 0.717) is 5.56 Å². The minimum atomic E-state index is -0.228. The van der Waals surface area contributed by atoms with Crippen LogP contribution in [0, 0.1) is 6.92 Å². The van der Waals surface area contributed by atoms with Crippen molar-refractivity contribution in [2.45, 2.75) is 19.9 Å². The third kappa shape index (κ3) is 4.75. The van der Waals surface area contributed by atoms with E-state index in [9.17, 15) is 4.79 Å². The standard InChI is InChI=1S/C25H23BrN4O/c1-16-5-4-6-18(13-16)7-9-20-15-22(21-14-19(26)8-10-23(21)29-20)25(31)28-17(2)24-27-11-12-30(24)3/h4-15,17H,1-3H3,(H,28,31)/b9-7+. The molecule has 1 unspecified atom stereocenters. The zero-order valence-electron chi connectivity index (χ0n) is 17.6. The molecular formula is C25H23BrN4O. The Kier molecular flexibility index (Phi) is 6.00. The van der Waals surface area contributed by atoms with Crippen LogP contribution in [0.4, 0.5) is 0 Å². The van der Waals surface area contributed by atoms with Crippen molar-refractivity contribution in [2.24, 2.45) is 7.05 Å². The number of hydrogen-bond acceptors (Lipinski definition) is 3. The molecule has 0 bridgehead atoms. The van der Waals surface area contributed by atoms with Gasteiger partial charge in [-0.1, -0.05) is 51.8 Å². The summed E-state index contributed by atoms with van der Waals surface area (Å²) in [5, 5.41) is 3.87. The van der Waals surface area contributed by atoms with E-state index < -0.39 is 0 Å². The molecule has 156 valence electrons. The first-order chi connectivity index (χ1) is 14.9. The van der Waals surface area contributed by atoms with Crippen LogP contribution in [-0.2, 0) is 7.05 Å². The van der Waals surface area contributed by atoms with Gasteiger partial charge in [0, 0.05) is 29.3 Å². The van der Waals surface area contributed by atoms with Crippen LogP contribution in [0.15, 0.2) is 65.4 Å². The van der Waals surface area contributed by atoms with Crippen LogP contribution in [0.2, 0.25) is 0 Å². The molecule has 1 atom stereocenters. The Bertz CT molecular complexity index is 1290. The molecule has 5 nitrogen and oxygen atoms in total. The number of fused-ring (bicyclic) bond motifs is 1. The number of imidazole rings is 1.